The highest BCUT2D eigenvalue weighted by molar-refractivity contribution is 5.83. The lowest BCUT2D eigenvalue weighted by Gasteiger charge is -2.40. The van der Waals surface area contributed by atoms with Crippen molar-refractivity contribution in [2.75, 3.05) is 6.61 Å². The number of carbonyl (C=O) groups is 2. The van der Waals surface area contributed by atoms with E-state index in [1.807, 2.05) is 60.7 Å². The highest BCUT2D eigenvalue weighted by Gasteiger charge is 2.48. The molecule has 0 heterocycles. The summed E-state index contributed by atoms with van der Waals surface area (Å²) in [5, 5.41) is 10.0. The molecule has 1 saturated carbocycles. The van der Waals surface area contributed by atoms with Gasteiger partial charge in [-0.15, -0.1) is 0 Å². The molecule has 1 aliphatic rings. The summed E-state index contributed by atoms with van der Waals surface area (Å²) >= 11 is 0. The van der Waals surface area contributed by atoms with Crippen LogP contribution < -0.4 is 0 Å². The molecule has 0 aliphatic heterocycles. The van der Waals surface area contributed by atoms with Gasteiger partial charge in [0.1, 0.15) is 0 Å². The zero-order valence-electron chi connectivity index (χ0n) is 14.9. The summed E-state index contributed by atoms with van der Waals surface area (Å²) in [5.74, 6) is -3.16. The monoisotopic (exact) mass is 352 g/mol. The minimum absolute atomic E-state index is 0.142. The molecule has 1 fully saturated rings. The number of hydrogen-bond acceptors (Lipinski definition) is 3. The van der Waals surface area contributed by atoms with Gasteiger partial charge in [0.05, 0.1) is 18.4 Å². The maximum Gasteiger partial charge on any atom is 0.310 e. The van der Waals surface area contributed by atoms with E-state index in [0.717, 1.165) is 24.0 Å². The Balaban J connectivity index is 2.03. The number of hydrogen-bond donors (Lipinski definition) is 1. The van der Waals surface area contributed by atoms with Crippen molar-refractivity contribution < 1.29 is 19.4 Å². The quantitative estimate of drug-likeness (QED) is 0.818. The van der Waals surface area contributed by atoms with E-state index in [0.29, 0.717) is 0 Å². The zero-order chi connectivity index (χ0) is 18.5. The molecule has 136 valence electrons. The number of esters is 1. The Labute approximate surface area is 153 Å². The van der Waals surface area contributed by atoms with E-state index in [1.165, 1.54) is 0 Å². The summed E-state index contributed by atoms with van der Waals surface area (Å²) < 4.78 is 5.30. The molecule has 2 aromatic rings. The fourth-order valence-electron chi connectivity index (χ4n) is 4.24. The second-order valence-corrected chi connectivity index (χ2v) is 6.75. The number of rotatable bonds is 5. The molecule has 1 aliphatic carbocycles. The SMILES string of the molecule is CCOC(=O)[C@@H]1[C@@H](C(=O)O)[C@@H](c2ccccc2)CC[C@@H]1c1ccccc1. The predicted molar refractivity (Wildman–Crippen MR) is 98.8 cm³/mol. The van der Waals surface area contributed by atoms with Crippen molar-refractivity contribution in [3.63, 3.8) is 0 Å². The van der Waals surface area contributed by atoms with Gasteiger partial charge < -0.3 is 9.84 Å². The molecule has 0 aromatic heterocycles. The van der Waals surface area contributed by atoms with Gasteiger partial charge in [-0.3, -0.25) is 9.59 Å². The van der Waals surface area contributed by atoms with Crippen LogP contribution in [0.2, 0.25) is 0 Å². The van der Waals surface area contributed by atoms with Crippen LogP contribution in [-0.2, 0) is 14.3 Å². The second kappa shape index (κ2) is 8.17. The summed E-state index contributed by atoms with van der Waals surface area (Å²) in [6.07, 6.45) is 1.49. The lowest BCUT2D eigenvalue weighted by Crippen LogP contribution is -2.42. The third-order valence-electron chi connectivity index (χ3n) is 5.34. The molecule has 0 amide bonds. The van der Waals surface area contributed by atoms with E-state index < -0.39 is 23.8 Å². The molecule has 0 saturated heterocycles. The van der Waals surface area contributed by atoms with Gasteiger partial charge in [0.2, 0.25) is 0 Å². The lowest BCUT2D eigenvalue weighted by molar-refractivity contribution is -0.161. The first-order valence-electron chi connectivity index (χ1n) is 9.12. The Morgan fingerprint density at radius 1 is 0.885 bits per heavy atom. The molecule has 3 rings (SSSR count). The maximum absolute atomic E-state index is 12.8. The average molecular weight is 352 g/mol. The van der Waals surface area contributed by atoms with Crippen LogP contribution in [0.25, 0.3) is 0 Å². The van der Waals surface area contributed by atoms with Crippen molar-refractivity contribution in [3.05, 3.63) is 71.8 Å². The molecule has 0 unspecified atom stereocenters. The van der Waals surface area contributed by atoms with Gasteiger partial charge in [-0.25, -0.2) is 0 Å². The first kappa shape index (κ1) is 18.2. The van der Waals surface area contributed by atoms with Gasteiger partial charge in [0.25, 0.3) is 0 Å². The van der Waals surface area contributed by atoms with Gasteiger partial charge in [-0.2, -0.15) is 0 Å². The molecular weight excluding hydrogens is 328 g/mol. The van der Waals surface area contributed by atoms with Gasteiger partial charge in [-0.05, 0) is 42.7 Å². The van der Waals surface area contributed by atoms with E-state index in [-0.39, 0.29) is 18.4 Å². The molecule has 4 nitrogen and oxygen atoms in total. The molecular formula is C22H24O4. The number of aliphatic carboxylic acids is 1. The smallest absolute Gasteiger partial charge is 0.310 e. The molecule has 0 spiro atoms. The number of carboxylic acid groups (broad SMARTS) is 1. The number of carboxylic acids is 1. The standard InChI is InChI=1S/C22H24O4/c1-2-26-22(25)20-18(16-11-7-4-8-12-16)14-13-17(19(20)21(23)24)15-9-5-3-6-10-15/h3-12,17-20H,2,13-14H2,1H3,(H,23,24)/t17-,18-,19+,20+/m1/s1. The molecule has 0 bridgehead atoms. The summed E-state index contributed by atoms with van der Waals surface area (Å²) in [7, 11) is 0. The van der Waals surface area contributed by atoms with Crippen molar-refractivity contribution in [3.8, 4) is 0 Å². The van der Waals surface area contributed by atoms with Crippen LogP contribution >= 0.6 is 0 Å². The lowest BCUT2D eigenvalue weighted by atomic mass is 9.63. The number of benzene rings is 2. The van der Waals surface area contributed by atoms with Crippen LogP contribution in [0, 0.1) is 11.8 Å². The van der Waals surface area contributed by atoms with E-state index in [4.69, 9.17) is 4.74 Å². The molecule has 4 atom stereocenters. The summed E-state index contributed by atoms with van der Waals surface area (Å²) in [4.78, 5) is 25.0. The summed E-state index contributed by atoms with van der Waals surface area (Å²) in [5.41, 5.74) is 1.98. The van der Waals surface area contributed by atoms with Gasteiger partial charge in [0, 0.05) is 0 Å². The maximum atomic E-state index is 12.8. The average Bonchev–Trinajstić information content (AvgIpc) is 2.68. The minimum atomic E-state index is -0.933. The fraction of sp³-hybridized carbons (Fsp3) is 0.364. The first-order chi connectivity index (χ1) is 12.6. The van der Waals surface area contributed by atoms with Crippen molar-refractivity contribution >= 4 is 11.9 Å². The van der Waals surface area contributed by atoms with Crippen LogP contribution in [0.4, 0.5) is 0 Å². The topological polar surface area (TPSA) is 63.6 Å². The highest BCUT2D eigenvalue weighted by atomic mass is 16.5. The minimum Gasteiger partial charge on any atom is -0.481 e. The van der Waals surface area contributed by atoms with E-state index in [9.17, 15) is 14.7 Å². The zero-order valence-corrected chi connectivity index (χ0v) is 14.9. The van der Waals surface area contributed by atoms with Crippen LogP contribution in [0.15, 0.2) is 60.7 Å². The number of ether oxygens (including phenoxy) is 1. The van der Waals surface area contributed by atoms with E-state index in [2.05, 4.69) is 0 Å². The van der Waals surface area contributed by atoms with Gasteiger partial charge in [0.15, 0.2) is 0 Å². The summed E-state index contributed by atoms with van der Waals surface area (Å²) in [6, 6.07) is 19.4. The molecule has 0 radical (unpaired) electrons. The Kier molecular flexibility index (Phi) is 5.71. The fourth-order valence-corrected chi connectivity index (χ4v) is 4.24. The Hall–Kier alpha value is -2.62. The highest BCUT2D eigenvalue weighted by Crippen LogP contribution is 2.48. The van der Waals surface area contributed by atoms with Crippen molar-refractivity contribution in [2.24, 2.45) is 11.8 Å². The van der Waals surface area contributed by atoms with E-state index >= 15 is 0 Å². The third kappa shape index (κ3) is 3.64. The molecule has 26 heavy (non-hydrogen) atoms. The Morgan fingerprint density at radius 2 is 1.35 bits per heavy atom. The second-order valence-electron chi connectivity index (χ2n) is 6.75. The third-order valence-corrected chi connectivity index (χ3v) is 5.34. The van der Waals surface area contributed by atoms with Crippen molar-refractivity contribution in [2.45, 2.75) is 31.6 Å². The van der Waals surface area contributed by atoms with E-state index in [1.54, 1.807) is 6.92 Å². The van der Waals surface area contributed by atoms with Crippen LogP contribution in [0.5, 0.6) is 0 Å². The van der Waals surface area contributed by atoms with Gasteiger partial charge in [-0.1, -0.05) is 60.7 Å². The number of carbonyl (C=O) groups excluding carboxylic acids is 1. The molecule has 2 aromatic carbocycles. The van der Waals surface area contributed by atoms with Crippen LogP contribution in [0.3, 0.4) is 0 Å². The summed E-state index contributed by atoms with van der Waals surface area (Å²) in [6.45, 7) is 2.00. The predicted octanol–water partition coefficient (Wildman–Crippen LogP) is 4.23. The van der Waals surface area contributed by atoms with Crippen molar-refractivity contribution in [1.82, 2.24) is 0 Å². The first-order valence-corrected chi connectivity index (χ1v) is 9.12. The van der Waals surface area contributed by atoms with Crippen molar-refractivity contribution in [1.29, 1.82) is 0 Å². The van der Waals surface area contributed by atoms with Crippen LogP contribution in [0.1, 0.15) is 42.7 Å². The normalized spacial score (nSPS) is 25.4. The molecule has 1 N–H and O–H groups in total. The largest absolute Gasteiger partial charge is 0.481 e. The van der Waals surface area contributed by atoms with Crippen LogP contribution in [-0.4, -0.2) is 23.7 Å². The van der Waals surface area contributed by atoms with Gasteiger partial charge >= 0.3 is 11.9 Å². The Bertz CT molecular complexity index is 741. The molecule has 4 heteroatoms. The Morgan fingerprint density at radius 3 is 1.77 bits per heavy atom.